The number of amides is 1. The van der Waals surface area contributed by atoms with E-state index in [2.05, 4.69) is 5.32 Å². The maximum absolute atomic E-state index is 12.4. The van der Waals surface area contributed by atoms with Crippen molar-refractivity contribution in [3.05, 3.63) is 45.0 Å². The van der Waals surface area contributed by atoms with Crippen LogP contribution in [0.1, 0.15) is 49.1 Å². The average Bonchev–Trinajstić information content (AvgIpc) is 2.86. The molecule has 1 atom stereocenters. The third-order valence-corrected chi connectivity index (χ3v) is 5.20. The molecular weight excluding hydrogens is 330 g/mol. The Labute approximate surface area is 152 Å². The number of rotatable bonds is 5. The Bertz CT molecular complexity index is 1040. The van der Waals surface area contributed by atoms with Crippen LogP contribution in [0.25, 0.3) is 21.9 Å². The van der Waals surface area contributed by atoms with E-state index in [1.54, 1.807) is 6.07 Å². The zero-order valence-electron chi connectivity index (χ0n) is 16.0. The summed E-state index contributed by atoms with van der Waals surface area (Å²) in [6.45, 7) is 9.84. The van der Waals surface area contributed by atoms with Crippen molar-refractivity contribution in [2.45, 2.75) is 59.9 Å². The van der Waals surface area contributed by atoms with Gasteiger partial charge in [0.1, 0.15) is 16.9 Å². The molecule has 0 radical (unpaired) electrons. The molecule has 1 unspecified atom stereocenters. The number of hydrogen-bond donors (Lipinski definition) is 1. The quantitative estimate of drug-likeness (QED) is 0.692. The predicted octanol–water partition coefficient (Wildman–Crippen LogP) is 4.31. The van der Waals surface area contributed by atoms with E-state index in [1.807, 2.05) is 40.7 Å². The first-order valence-electron chi connectivity index (χ1n) is 9.07. The Morgan fingerprint density at radius 3 is 2.42 bits per heavy atom. The minimum Gasteiger partial charge on any atom is -0.461 e. The number of aryl methyl sites for hydroxylation is 3. The SMILES string of the molecule is CCC(C)NC(=O)CCc1c(C)c2cc3c(C)c(C)oc3cc2oc1=O. The summed E-state index contributed by atoms with van der Waals surface area (Å²) >= 11 is 0. The van der Waals surface area contributed by atoms with Crippen molar-refractivity contribution in [1.29, 1.82) is 0 Å². The lowest BCUT2D eigenvalue weighted by Crippen LogP contribution is -2.32. The molecule has 1 amide bonds. The highest BCUT2D eigenvalue weighted by Gasteiger charge is 2.16. The van der Waals surface area contributed by atoms with Crippen molar-refractivity contribution in [2.75, 3.05) is 0 Å². The van der Waals surface area contributed by atoms with Gasteiger partial charge in [0.25, 0.3) is 0 Å². The fourth-order valence-corrected chi connectivity index (χ4v) is 3.20. The van der Waals surface area contributed by atoms with Crippen LogP contribution in [0.4, 0.5) is 0 Å². The highest BCUT2D eigenvalue weighted by atomic mass is 16.4. The van der Waals surface area contributed by atoms with Gasteiger partial charge < -0.3 is 14.2 Å². The minimum absolute atomic E-state index is 0.0463. The van der Waals surface area contributed by atoms with Gasteiger partial charge in [-0.2, -0.15) is 0 Å². The van der Waals surface area contributed by atoms with Crippen molar-refractivity contribution in [2.24, 2.45) is 0 Å². The van der Waals surface area contributed by atoms with Crippen LogP contribution in [-0.2, 0) is 11.2 Å². The number of hydrogen-bond acceptors (Lipinski definition) is 4. The van der Waals surface area contributed by atoms with E-state index in [-0.39, 0.29) is 24.0 Å². The molecule has 5 heteroatoms. The summed E-state index contributed by atoms with van der Waals surface area (Å²) < 4.78 is 11.2. The first-order valence-corrected chi connectivity index (χ1v) is 9.07. The molecule has 0 bridgehead atoms. The van der Waals surface area contributed by atoms with E-state index >= 15 is 0 Å². The maximum Gasteiger partial charge on any atom is 0.339 e. The van der Waals surface area contributed by atoms with Crippen LogP contribution in [0.15, 0.2) is 25.8 Å². The second-order valence-electron chi connectivity index (χ2n) is 7.00. The lowest BCUT2D eigenvalue weighted by atomic mass is 10.0. The molecule has 0 spiro atoms. The van der Waals surface area contributed by atoms with Gasteiger partial charge in [-0.05, 0) is 57.7 Å². The standard InChI is InChI=1S/C21H25NO4/c1-6-11(2)22-20(23)8-7-15-13(4)17-9-16-12(3)14(5)25-18(16)10-19(17)26-21(15)24/h9-11H,6-8H2,1-5H3,(H,22,23). The summed E-state index contributed by atoms with van der Waals surface area (Å²) in [6.07, 6.45) is 1.52. The van der Waals surface area contributed by atoms with E-state index in [0.29, 0.717) is 17.6 Å². The number of benzene rings is 1. The van der Waals surface area contributed by atoms with Crippen molar-refractivity contribution < 1.29 is 13.6 Å². The first-order chi connectivity index (χ1) is 12.3. The summed E-state index contributed by atoms with van der Waals surface area (Å²) in [4.78, 5) is 24.5. The second kappa shape index (κ2) is 6.98. The number of furan rings is 1. The van der Waals surface area contributed by atoms with Gasteiger partial charge in [0.15, 0.2) is 0 Å². The normalized spacial score (nSPS) is 12.7. The number of fused-ring (bicyclic) bond motifs is 2. The average molecular weight is 355 g/mol. The number of carbonyl (C=O) groups excluding carboxylic acids is 1. The van der Waals surface area contributed by atoms with Crippen molar-refractivity contribution in [3.8, 4) is 0 Å². The molecule has 3 aromatic rings. The highest BCUT2D eigenvalue weighted by Crippen LogP contribution is 2.31. The molecule has 138 valence electrons. The third-order valence-electron chi connectivity index (χ3n) is 5.20. The van der Waals surface area contributed by atoms with Crippen molar-refractivity contribution >= 4 is 27.8 Å². The largest absolute Gasteiger partial charge is 0.461 e. The Hall–Kier alpha value is -2.56. The predicted molar refractivity (Wildman–Crippen MR) is 103 cm³/mol. The van der Waals surface area contributed by atoms with Gasteiger partial charge in [-0.1, -0.05) is 6.92 Å². The van der Waals surface area contributed by atoms with E-state index in [9.17, 15) is 9.59 Å². The van der Waals surface area contributed by atoms with Gasteiger partial charge in [-0.15, -0.1) is 0 Å². The molecule has 2 heterocycles. The molecule has 26 heavy (non-hydrogen) atoms. The summed E-state index contributed by atoms with van der Waals surface area (Å²) in [5.74, 6) is 0.812. The highest BCUT2D eigenvalue weighted by molar-refractivity contribution is 5.96. The van der Waals surface area contributed by atoms with Crippen LogP contribution in [0, 0.1) is 20.8 Å². The van der Waals surface area contributed by atoms with Gasteiger partial charge in [0.2, 0.25) is 5.91 Å². The van der Waals surface area contributed by atoms with Crippen LogP contribution < -0.4 is 10.9 Å². The molecular formula is C21H25NO4. The molecule has 0 aliphatic rings. The number of carbonyl (C=O) groups is 1. The van der Waals surface area contributed by atoms with Crippen LogP contribution in [-0.4, -0.2) is 11.9 Å². The summed E-state index contributed by atoms with van der Waals surface area (Å²) in [7, 11) is 0. The molecule has 5 nitrogen and oxygen atoms in total. The summed E-state index contributed by atoms with van der Waals surface area (Å²) in [5, 5.41) is 4.83. The lowest BCUT2D eigenvalue weighted by molar-refractivity contribution is -0.121. The monoisotopic (exact) mass is 355 g/mol. The molecule has 1 N–H and O–H groups in total. The first kappa shape index (κ1) is 18.2. The molecule has 0 saturated carbocycles. The molecule has 3 rings (SSSR count). The maximum atomic E-state index is 12.4. The molecule has 0 saturated heterocycles. The Morgan fingerprint density at radius 2 is 1.73 bits per heavy atom. The van der Waals surface area contributed by atoms with Crippen LogP contribution in [0.3, 0.4) is 0 Å². The molecule has 1 aromatic carbocycles. The second-order valence-corrected chi connectivity index (χ2v) is 7.00. The molecule has 0 aliphatic carbocycles. The molecule has 2 aromatic heterocycles. The van der Waals surface area contributed by atoms with E-state index in [1.165, 1.54) is 0 Å². The Kier molecular flexibility index (Phi) is 4.90. The minimum atomic E-state index is -0.384. The van der Waals surface area contributed by atoms with E-state index < -0.39 is 0 Å². The topological polar surface area (TPSA) is 72.5 Å². The summed E-state index contributed by atoms with van der Waals surface area (Å²) in [6, 6.07) is 3.92. The van der Waals surface area contributed by atoms with Gasteiger partial charge in [0, 0.05) is 34.9 Å². The van der Waals surface area contributed by atoms with Gasteiger partial charge in [0.05, 0.1) is 0 Å². The van der Waals surface area contributed by atoms with Crippen LogP contribution in [0.5, 0.6) is 0 Å². The third kappa shape index (κ3) is 3.26. The van der Waals surface area contributed by atoms with E-state index in [4.69, 9.17) is 8.83 Å². The van der Waals surface area contributed by atoms with E-state index in [0.717, 1.165) is 39.7 Å². The molecule has 0 aliphatic heterocycles. The zero-order valence-corrected chi connectivity index (χ0v) is 16.0. The smallest absolute Gasteiger partial charge is 0.339 e. The molecule has 0 fully saturated rings. The van der Waals surface area contributed by atoms with Crippen LogP contribution >= 0.6 is 0 Å². The Morgan fingerprint density at radius 1 is 1.08 bits per heavy atom. The fraction of sp³-hybridized carbons (Fsp3) is 0.429. The van der Waals surface area contributed by atoms with Gasteiger partial charge >= 0.3 is 5.63 Å². The Balaban J connectivity index is 1.98. The van der Waals surface area contributed by atoms with Crippen LogP contribution in [0.2, 0.25) is 0 Å². The lowest BCUT2D eigenvalue weighted by Gasteiger charge is -2.12. The van der Waals surface area contributed by atoms with Crippen molar-refractivity contribution in [3.63, 3.8) is 0 Å². The van der Waals surface area contributed by atoms with Gasteiger partial charge in [-0.25, -0.2) is 4.79 Å². The number of nitrogens with one attached hydrogen (secondary N) is 1. The zero-order chi connectivity index (χ0) is 19.0. The van der Waals surface area contributed by atoms with Gasteiger partial charge in [-0.3, -0.25) is 4.79 Å². The fourth-order valence-electron chi connectivity index (χ4n) is 3.20. The summed E-state index contributed by atoms with van der Waals surface area (Å²) in [5.41, 5.74) is 3.37. The van der Waals surface area contributed by atoms with Crippen molar-refractivity contribution in [1.82, 2.24) is 5.32 Å².